The van der Waals surface area contributed by atoms with Crippen LogP contribution in [0.4, 0.5) is 0 Å². The highest BCUT2D eigenvalue weighted by molar-refractivity contribution is 6.47. The maximum Gasteiger partial charge on any atom is 0.175 e. The van der Waals surface area contributed by atoms with Crippen molar-refractivity contribution in [3.8, 4) is 0 Å². The summed E-state index contributed by atoms with van der Waals surface area (Å²) in [5, 5.41) is 7.18. The second kappa shape index (κ2) is 2.37. The molecule has 2 aliphatic heterocycles. The zero-order valence-electron chi connectivity index (χ0n) is 6.28. The Bertz CT molecular complexity index is 358. The first kappa shape index (κ1) is 6.90. The largest absolute Gasteiger partial charge is 0.384 e. The van der Waals surface area contributed by atoms with E-state index in [1.807, 2.05) is 0 Å². The Morgan fingerprint density at radius 2 is 2.33 bits per heavy atom. The smallest absolute Gasteiger partial charge is 0.175 e. The van der Waals surface area contributed by atoms with Gasteiger partial charge >= 0.3 is 0 Å². The summed E-state index contributed by atoms with van der Waals surface area (Å²) in [7, 11) is 0. The Hall–Kier alpha value is -1.78. The summed E-state index contributed by atoms with van der Waals surface area (Å²) in [4.78, 5) is 11.9. The zero-order valence-corrected chi connectivity index (χ0v) is 6.28. The average Bonchev–Trinajstić information content (AvgIpc) is 2.49. The van der Waals surface area contributed by atoms with Crippen LogP contribution in [-0.2, 0) is 0 Å². The van der Waals surface area contributed by atoms with Crippen LogP contribution in [0.25, 0.3) is 0 Å². The van der Waals surface area contributed by atoms with Crippen molar-refractivity contribution in [1.82, 2.24) is 0 Å². The normalized spacial score (nSPS) is 19.5. The molecule has 2 aliphatic rings. The molecule has 3 N–H and O–H groups in total. The summed E-state index contributed by atoms with van der Waals surface area (Å²) in [5.41, 5.74) is 6.79. The molecule has 0 aromatic heterocycles. The van der Waals surface area contributed by atoms with E-state index >= 15 is 0 Å². The van der Waals surface area contributed by atoms with Gasteiger partial charge in [0, 0.05) is 18.2 Å². The summed E-state index contributed by atoms with van der Waals surface area (Å²) in [5.74, 6) is 0.687. The van der Waals surface area contributed by atoms with Gasteiger partial charge in [0.25, 0.3) is 0 Å². The monoisotopic (exact) mass is 161 g/mol. The minimum atomic E-state index is 0.0485. The molecule has 0 spiro atoms. The van der Waals surface area contributed by atoms with E-state index in [0.717, 1.165) is 5.71 Å². The predicted octanol–water partition coefficient (Wildman–Crippen LogP) is 0.0914. The molecule has 5 nitrogen and oxygen atoms in total. The van der Waals surface area contributed by atoms with Gasteiger partial charge in [0.15, 0.2) is 5.84 Å². The summed E-state index contributed by atoms with van der Waals surface area (Å²) in [6, 6.07) is 0. The third kappa shape index (κ3) is 0.952. The molecule has 0 bridgehead atoms. The number of nitrogens with zero attached hydrogens (tertiary/aromatic N) is 3. The summed E-state index contributed by atoms with van der Waals surface area (Å²) < 4.78 is 0. The molecule has 0 saturated heterocycles. The lowest BCUT2D eigenvalue weighted by molar-refractivity contribution is 1.27. The maximum absolute atomic E-state index is 7.18. The van der Waals surface area contributed by atoms with E-state index in [4.69, 9.17) is 11.1 Å². The fraction of sp³-hybridized carbons (Fsp3) is 0.143. The number of nitrogens with two attached hydrogens (primary N) is 1. The molecule has 0 aromatic carbocycles. The zero-order chi connectivity index (χ0) is 8.55. The molecule has 0 unspecified atom stereocenters. The van der Waals surface area contributed by atoms with Crippen LogP contribution >= 0.6 is 0 Å². The topological polar surface area (TPSA) is 87.0 Å². The Morgan fingerprint density at radius 1 is 1.50 bits per heavy atom. The molecule has 0 atom stereocenters. The van der Waals surface area contributed by atoms with E-state index in [2.05, 4.69) is 15.0 Å². The van der Waals surface area contributed by atoms with Crippen molar-refractivity contribution in [3.05, 3.63) is 11.8 Å². The molecule has 2 rings (SSSR count). The third-order valence-electron chi connectivity index (χ3n) is 1.70. The van der Waals surface area contributed by atoms with Gasteiger partial charge in [-0.25, -0.2) is 15.0 Å². The number of fused-ring (bicyclic) bond motifs is 1. The molecule has 0 saturated carbocycles. The van der Waals surface area contributed by atoms with Crippen molar-refractivity contribution < 1.29 is 0 Å². The van der Waals surface area contributed by atoms with Gasteiger partial charge in [-0.3, -0.25) is 5.41 Å². The summed E-state index contributed by atoms with van der Waals surface area (Å²) in [6.07, 6.45) is 3.60. The lowest BCUT2D eigenvalue weighted by atomic mass is 10.1. The van der Waals surface area contributed by atoms with E-state index in [1.165, 1.54) is 6.34 Å². The lowest BCUT2D eigenvalue weighted by Gasteiger charge is -2.08. The molecule has 2 heterocycles. The molecular formula is C7H7N5. The second-order valence-corrected chi connectivity index (χ2v) is 2.52. The number of aliphatic imine (C=N–C) groups is 3. The standard InChI is InChI=1S/C7H7N5/c8-6(9)4-1-5-7(10-2-4)12-3-11-5/h2-3H,1H2,(H3,8,9). The Balaban J connectivity index is 2.33. The molecule has 0 aliphatic carbocycles. The van der Waals surface area contributed by atoms with E-state index in [0.29, 0.717) is 17.8 Å². The minimum absolute atomic E-state index is 0.0485. The first-order valence-electron chi connectivity index (χ1n) is 3.48. The molecular weight excluding hydrogens is 154 g/mol. The van der Waals surface area contributed by atoms with E-state index in [-0.39, 0.29) is 5.84 Å². The van der Waals surface area contributed by atoms with Gasteiger partial charge < -0.3 is 5.73 Å². The van der Waals surface area contributed by atoms with Gasteiger partial charge in [-0.05, 0) is 0 Å². The Labute approximate surface area is 68.9 Å². The van der Waals surface area contributed by atoms with Crippen molar-refractivity contribution in [1.29, 1.82) is 5.41 Å². The van der Waals surface area contributed by atoms with Crippen LogP contribution in [0.3, 0.4) is 0 Å². The van der Waals surface area contributed by atoms with Gasteiger partial charge in [0.05, 0.1) is 5.71 Å². The maximum atomic E-state index is 7.18. The van der Waals surface area contributed by atoms with Crippen molar-refractivity contribution in [2.45, 2.75) is 6.42 Å². The lowest BCUT2D eigenvalue weighted by Crippen LogP contribution is -2.21. The van der Waals surface area contributed by atoms with Crippen molar-refractivity contribution in [3.63, 3.8) is 0 Å². The molecule has 0 aromatic rings. The number of hydrogen-bond donors (Lipinski definition) is 2. The van der Waals surface area contributed by atoms with Crippen LogP contribution in [0.2, 0.25) is 0 Å². The number of amidine groups is 2. The van der Waals surface area contributed by atoms with Gasteiger partial charge in [-0.15, -0.1) is 0 Å². The SMILES string of the molecule is N=C(N)C1=CN=C2N=CN=C2C1. The Kier molecular flexibility index (Phi) is 1.36. The highest BCUT2D eigenvalue weighted by atomic mass is 15.0. The quantitative estimate of drug-likeness (QED) is 0.414. The van der Waals surface area contributed by atoms with E-state index < -0.39 is 0 Å². The van der Waals surface area contributed by atoms with Gasteiger partial charge in [-0.1, -0.05) is 0 Å². The Morgan fingerprint density at radius 3 is 3.08 bits per heavy atom. The van der Waals surface area contributed by atoms with Crippen molar-refractivity contribution in [2.75, 3.05) is 0 Å². The molecule has 0 radical (unpaired) electrons. The fourth-order valence-corrected chi connectivity index (χ4v) is 1.05. The van der Waals surface area contributed by atoms with Crippen LogP contribution in [-0.4, -0.2) is 23.7 Å². The average molecular weight is 161 g/mol. The van der Waals surface area contributed by atoms with Gasteiger partial charge in [-0.2, -0.15) is 0 Å². The van der Waals surface area contributed by atoms with Gasteiger partial charge in [0.2, 0.25) is 0 Å². The number of nitrogens with one attached hydrogen (secondary N) is 1. The molecule has 0 amide bonds. The highest BCUT2D eigenvalue weighted by Crippen LogP contribution is 2.13. The van der Waals surface area contributed by atoms with Crippen molar-refractivity contribution in [2.24, 2.45) is 20.7 Å². The van der Waals surface area contributed by atoms with Crippen molar-refractivity contribution >= 4 is 23.7 Å². The number of hydrogen-bond acceptors (Lipinski definition) is 4. The molecule has 12 heavy (non-hydrogen) atoms. The van der Waals surface area contributed by atoms with Crippen LogP contribution in [0.1, 0.15) is 6.42 Å². The summed E-state index contributed by atoms with van der Waals surface area (Å²) in [6.45, 7) is 0. The number of rotatable bonds is 1. The van der Waals surface area contributed by atoms with Gasteiger partial charge in [0.1, 0.15) is 12.2 Å². The molecule has 0 fully saturated rings. The van der Waals surface area contributed by atoms with E-state index in [1.54, 1.807) is 6.20 Å². The third-order valence-corrected chi connectivity index (χ3v) is 1.70. The van der Waals surface area contributed by atoms with Crippen LogP contribution in [0.15, 0.2) is 26.8 Å². The molecule has 60 valence electrons. The summed E-state index contributed by atoms with van der Waals surface area (Å²) >= 11 is 0. The van der Waals surface area contributed by atoms with Crippen LogP contribution in [0, 0.1) is 5.41 Å². The second-order valence-electron chi connectivity index (χ2n) is 2.52. The fourth-order valence-electron chi connectivity index (χ4n) is 1.05. The first-order chi connectivity index (χ1) is 5.77. The first-order valence-corrected chi connectivity index (χ1v) is 3.48. The van der Waals surface area contributed by atoms with Crippen LogP contribution < -0.4 is 5.73 Å². The van der Waals surface area contributed by atoms with Crippen LogP contribution in [0.5, 0.6) is 0 Å². The van der Waals surface area contributed by atoms with E-state index in [9.17, 15) is 0 Å². The minimum Gasteiger partial charge on any atom is -0.384 e. The highest BCUT2D eigenvalue weighted by Gasteiger charge is 2.18. The molecule has 5 heteroatoms. The predicted molar refractivity (Wildman–Crippen MR) is 48.0 cm³/mol.